The Bertz CT molecular complexity index is 1160. The van der Waals surface area contributed by atoms with Gasteiger partial charge >= 0.3 is 0 Å². The number of fused-ring (bicyclic) bond motifs is 2. The number of halogens is 3. The van der Waals surface area contributed by atoms with E-state index in [0.29, 0.717) is 32.7 Å². The lowest BCUT2D eigenvalue weighted by atomic mass is 9.99. The molecule has 4 rings (SSSR count). The monoisotopic (exact) mass is 404 g/mol. The molecule has 0 aliphatic heterocycles. The number of carbonyl (C=O) groups is 1. The van der Waals surface area contributed by atoms with Crippen LogP contribution >= 0.6 is 23.2 Å². The van der Waals surface area contributed by atoms with E-state index in [2.05, 4.69) is 10.3 Å². The van der Waals surface area contributed by atoms with Crippen molar-refractivity contribution in [2.24, 2.45) is 0 Å². The first kappa shape index (κ1) is 17.6. The van der Waals surface area contributed by atoms with Crippen molar-refractivity contribution >= 4 is 46.0 Å². The van der Waals surface area contributed by atoms with Gasteiger partial charge in [-0.15, -0.1) is 0 Å². The third-order valence-electron chi connectivity index (χ3n) is 4.05. The van der Waals surface area contributed by atoms with E-state index in [-0.39, 0.29) is 16.7 Å². The number of aromatic nitrogens is 1. The van der Waals surface area contributed by atoms with E-state index in [0.717, 1.165) is 0 Å². The second-order valence-electron chi connectivity index (χ2n) is 5.71. The molecule has 3 heterocycles. The molecule has 8 heteroatoms. The van der Waals surface area contributed by atoms with Crippen LogP contribution in [0.5, 0.6) is 5.88 Å². The van der Waals surface area contributed by atoms with Gasteiger partial charge in [-0.05, 0) is 29.8 Å². The SMILES string of the molecule is COc1cc(-c2c(C(=O)Nc3ccc(Cl)c(Cl)c3)c3oc2cc3F)ccn1. The van der Waals surface area contributed by atoms with Crippen LogP contribution in [0.4, 0.5) is 10.1 Å². The fraction of sp³-hybridized carbons (Fsp3) is 0.0526. The highest BCUT2D eigenvalue weighted by Crippen LogP contribution is 2.40. The van der Waals surface area contributed by atoms with E-state index in [1.807, 2.05) is 0 Å². The van der Waals surface area contributed by atoms with Gasteiger partial charge in [-0.3, -0.25) is 4.79 Å². The predicted octanol–water partition coefficient (Wildman–Crippen LogP) is 5.64. The average Bonchev–Trinajstić information content (AvgIpc) is 3.21. The summed E-state index contributed by atoms with van der Waals surface area (Å²) < 4.78 is 24.7. The molecule has 5 nitrogen and oxygen atoms in total. The minimum atomic E-state index is -0.603. The Kier molecular flexibility index (Phi) is 4.37. The van der Waals surface area contributed by atoms with Crippen molar-refractivity contribution in [1.29, 1.82) is 0 Å². The number of methoxy groups -OCH3 is 1. The lowest BCUT2D eigenvalue weighted by Gasteiger charge is -2.09. The topological polar surface area (TPSA) is 64.4 Å². The summed E-state index contributed by atoms with van der Waals surface area (Å²) in [4.78, 5) is 16.9. The third kappa shape index (κ3) is 3.07. The number of carbonyl (C=O) groups excluding carboxylic acids is 1. The molecule has 0 saturated carbocycles. The number of ether oxygens (including phenoxy) is 1. The Morgan fingerprint density at radius 2 is 2.00 bits per heavy atom. The third-order valence-corrected chi connectivity index (χ3v) is 4.79. The quantitative estimate of drug-likeness (QED) is 0.477. The smallest absolute Gasteiger partial charge is 0.260 e. The van der Waals surface area contributed by atoms with Crippen LogP contribution in [-0.4, -0.2) is 18.0 Å². The Labute approximate surface area is 163 Å². The van der Waals surface area contributed by atoms with Gasteiger partial charge in [-0.25, -0.2) is 9.37 Å². The van der Waals surface area contributed by atoms with Gasteiger partial charge in [0.05, 0.1) is 22.7 Å². The lowest BCUT2D eigenvalue weighted by molar-refractivity contribution is 0.102. The molecule has 136 valence electrons. The number of benzene rings is 2. The number of anilines is 1. The van der Waals surface area contributed by atoms with Gasteiger partial charge in [-0.1, -0.05) is 23.2 Å². The maximum absolute atomic E-state index is 14.1. The number of hydrogen-bond donors (Lipinski definition) is 1. The van der Waals surface area contributed by atoms with Crippen LogP contribution in [0, 0.1) is 5.82 Å². The summed E-state index contributed by atoms with van der Waals surface area (Å²) in [5.74, 6) is -0.774. The number of nitrogens with one attached hydrogen (secondary N) is 1. The van der Waals surface area contributed by atoms with Crippen LogP contribution in [0.2, 0.25) is 10.0 Å². The summed E-state index contributed by atoms with van der Waals surface area (Å²) in [5, 5.41) is 3.34. The Morgan fingerprint density at radius 1 is 1.19 bits per heavy atom. The van der Waals surface area contributed by atoms with E-state index < -0.39 is 11.7 Å². The maximum atomic E-state index is 14.1. The standard InChI is InChI=1S/C19H11Cl2FN2O3/c1-26-15-6-9(4-5-23-15)16-14-8-13(22)18(27-14)17(16)19(25)24-10-2-3-11(20)12(21)7-10/h2-8H,1H3,(H,24,25). The molecule has 1 N–H and O–H groups in total. The number of hydrogen-bond acceptors (Lipinski definition) is 4. The minimum Gasteiger partial charge on any atom is -0.481 e. The van der Waals surface area contributed by atoms with Crippen LogP contribution < -0.4 is 10.1 Å². The first-order chi connectivity index (χ1) is 13.0. The van der Waals surface area contributed by atoms with Crippen molar-refractivity contribution < 1.29 is 18.3 Å². The minimum absolute atomic E-state index is 0.0873. The summed E-state index contributed by atoms with van der Waals surface area (Å²) in [5.41, 5.74) is 1.73. The molecule has 1 aromatic carbocycles. The largest absolute Gasteiger partial charge is 0.481 e. The van der Waals surface area contributed by atoms with E-state index in [1.54, 1.807) is 24.3 Å². The predicted molar refractivity (Wildman–Crippen MR) is 102 cm³/mol. The van der Waals surface area contributed by atoms with Crippen molar-refractivity contribution in [2.45, 2.75) is 0 Å². The molecular formula is C19H11Cl2FN2O3. The molecule has 27 heavy (non-hydrogen) atoms. The maximum Gasteiger partial charge on any atom is 0.260 e. The Hall–Kier alpha value is -2.83. The van der Waals surface area contributed by atoms with Gasteiger partial charge < -0.3 is 14.5 Å². The van der Waals surface area contributed by atoms with Gasteiger partial charge in [0.1, 0.15) is 5.58 Å². The zero-order valence-corrected chi connectivity index (χ0v) is 15.4. The average molecular weight is 405 g/mol. The van der Waals surface area contributed by atoms with Gasteiger partial charge in [0.25, 0.3) is 5.91 Å². The molecule has 0 spiro atoms. The summed E-state index contributed by atoms with van der Waals surface area (Å²) in [6.45, 7) is 0. The zero-order valence-electron chi connectivity index (χ0n) is 13.8. The van der Waals surface area contributed by atoms with Crippen molar-refractivity contribution in [2.75, 3.05) is 12.4 Å². The van der Waals surface area contributed by atoms with E-state index in [4.69, 9.17) is 32.4 Å². The first-order valence-corrected chi connectivity index (χ1v) is 8.54. The second kappa shape index (κ2) is 6.72. The van der Waals surface area contributed by atoms with E-state index >= 15 is 0 Å². The van der Waals surface area contributed by atoms with Crippen molar-refractivity contribution in [3.63, 3.8) is 0 Å². The summed E-state index contributed by atoms with van der Waals surface area (Å²) in [6.07, 6.45) is 1.53. The number of nitrogens with zero attached hydrogens (tertiary/aromatic N) is 1. The summed E-state index contributed by atoms with van der Waals surface area (Å²) >= 11 is 11.9. The fourth-order valence-corrected chi connectivity index (χ4v) is 3.14. The summed E-state index contributed by atoms with van der Waals surface area (Å²) in [6, 6.07) is 9.24. The van der Waals surface area contributed by atoms with E-state index in [9.17, 15) is 9.18 Å². The summed E-state index contributed by atoms with van der Waals surface area (Å²) in [7, 11) is 1.48. The molecule has 0 atom stereocenters. The number of rotatable bonds is 4. The van der Waals surface area contributed by atoms with Crippen molar-refractivity contribution in [1.82, 2.24) is 4.98 Å². The zero-order chi connectivity index (χ0) is 19.1. The highest BCUT2D eigenvalue weighted by molar-refractivity contribution is 6.42. The molecule has 3 aromatic heterocycles. The van der Waals surface area contributed by atoms with Crippen LogP contribution in [-0.2, 0) is 0 Å². The Morgan fingerprint density at radius 3 is 2.74 bits per heavy atom. The molecule has 0 radical (unpaired) electrons. The van der Waals surface area contributed by atoms with Crippen LogP contribution in [0.25, 0.3) is 22.3 Å². The van der Waals surface area contributed by atoms with Gasteiger partial charge in [0, 0.05) is 29.6 Å². The molecule has 0 aliphatic rings. The molecule has 4 aromatic rings. The number of pyridine rings is 1. The molecular weight excluding hydrogens is 394 g/mol. The first-order valence-electron chi connectivity index (χ1n) is 7.79. The van der Waals surface area contributed by atoms with Crippen LogP contribution in [0.3, 0.4) is 0 Å². The van der Waals surface area contributed by atoms with Crippen LogP contribution in [0.1, 0.15) is 10.4 Å². The normalized spacial score (nSPS) is 11.1. The van der Waals surface area contributed by atoms with Crippen molar-refractivity contribution in [3.05, 3.63) is 64.0 Å². The Balaban J connectivity index is 1.79. The molecule has 0 aliphatic carbocycles. The van der Waals surface area contributed by atoms with E-state index in [1.165, 1.54) is 25.4 Å². The van der Waals surface area contributed by atoms with Gasteiger partial charge in [0.2, 0.25) is 5.88 Å². The van der Waals surface area contributed by atoms with Gasteiger partial charge in [-0.2, -0.15) is 0 Å². The van der Waals surface area contributed by atoms with Crippen LogP contribution in [0.15, 0.2) is 47.0 Å². The number of furan rings is 2. The molecule has 0 fully saturated rings. The molecule has 0 saturated heterocycles. The van der Waals surface area contributed by atoms with Crippen molar-refractivity contribution in [3.8, 4) is 17.0 Å². The lowest BCUT2D eigenvalue weighted by Crippen LogP contribution is -2.13. The number of amides is 1. The fourth-order valence-electron chi connectivity index (χ4n) is 2.85. The molecule has 1 amide bonds. The molecule has 2 bridgehead atoms. The second-order valence-corrected chi connectivity index (χ2v) is 6.52. The highest BCUT2D eigenvalue weighted by Gasteiger charge is 2.28. The molecule has 0 unspecified atom stereocenters. The highest BCUT2D eigenvalue weighted by atomic mass is 35.5. The van der Waals surface area contributed by atoms with Gasteiger partial charge in [0.15, 0.2) is 11.4 Å².